The van der Waals surface area contributed by atoms with E-state index in [9.17, 15) is 90.7 Å². The third-order valence-corrected chi connectivity index (χ3v) is 13.4. The number of carbonyl (C=O) groups excluding carboxylic acids is 3. The van der Waals surface area contributed by atoms with Crippen LogP contribution in [0.4, 0.5) is 0 Å². The number of phenolic OH excluding ortho intramolecular Hbond substituents is 2. The summed E-state index contributed by atoms with van der Waals surface area (Å²) in [6.07, 6.45) is -32.0. The zero-order chi connectivity index (χ0) is 55.5. The van der Waals surface area contributed by atoms with Crippen LogP contribution in [-0.4, -0.2) is 257 Å². The average Bonchev–Trinajstić information content (AvgIpc) is 3.38. The van der Waals surface area contributed by atoms with Crippen molar-refractivity contribution in [3.8, 4) is 11.5 Å². The highest BCUT2D eigenvalue weighted by atomic mass is 16.8. The third-order valence-electron chi connectivity index (χ3n) is 13.4. The fraction of sp³-hybridized carbons (Fsp3) is 0.783. The molecule has 5 rings (SSSR count). The molecule has 75 heavy (non-hydrogen) atoms. The molecule has 16 N–H and O–H groups in total. The molecule has 428 valence electrons. The maximum atomic E-state index is 14.1. The maximum absolute atomic E-state index is 14.1. The zero-order valence-corrected chi connectivity index (χ0v) is 41.3. The summed E-state index contributed by atoms with van der Waals surface area (Å²) in [5, 5.41) is 155. The Kier molecular flexibility index (Phi) is 23.1. The van der Waals surface area contributed by atoms with Gasteiger partial charge in [0.2, 0.25) is 5.91 Å². The van der Waals surface area contributed by atoms with Crippen molar-refractivity contribution in [2.75, 3.05) is 33.5 Å². The van der Waals surface area contributed by atoms with E-state index in [1.807, 2.05) is 0 Å². The van der Waals surface area contributed by atoms with Gasteiger partial charge in [0, 0.05) is 31.9 Å². The Morgan fingerprint density at radius 3 is 1.97 bits per heavy atom. The van der Waals surface area contributed by atoms with Crippen molar-refractivity contribution in [3.05, 3.63) is 23.8 Å². The molecule has 29 heteroatoms. The van der Waals surface area contributed by atoms with Crippen LogP contribution in [0.2, 0.25) is 0 Å². The van der Waals surface area contributed by atoms with Gasteiger partial charge in [0.1, 0.15) is 85.4 Å². The number of amides is 2. The van der Waals surface area contributed by atoms with Gasteiger partial charge in [-0.05, 0) is 38.0 Å². The van der Waals surface area contributed by atoms with Gasteiger partial charge >= 0.3 is 11.9 Å². The van der Waals surface area contributed by atoms with Gasteiger partial charge in [-0.2, -0.15) is 0 Å². The molecule has 0 bridgehead atoms. The number of methoxy groups -OCH3 is 1. The molecule has 21 atom stereocenters. The molecule has 4 saturated heterocycles. The summed E-state index contributed by atoms with van der Waals surface area (Å²) in [6.45, 7) is -0.932. The molecule has 1 aromatic carbocycles. The minimum Gasteiger partial charge on any atom is -0.504 e. The number of aliphatic carboxylic acids is 1. The van der Waals surface area contributed by atoms with Gasteiger partial charge < -0.3 is 125 Å². The Morgan fingerprint density at radius 1 is 0.733 bits per heavy atom. The number of benzene rings is 1. The van der Waals surface area contributed by atoms with Crippen LogP contribution in [0.3, 0.4) is 0 Å². The number of ether oxygens (including phenoxy) is 9. The lowest BCUT2D eigenvalue weighted by atomic mass is 9.88. The minimum atomic E-state index is -3.19. The highest BCUT2D eigenvalue weighted by Gasteiger charge is 2.61. The first kappa shape index (κ1) is 61.8. The summed E-state index contributed by atoms with van der Waals surface area (Å²) in [5.74, 6) is -8.70. The van der Waals surface area contributed by atoms with Gasteiger partial charge in [-0.1, -0.05) is 25.7 Å². The SMILES string of the molecule is COC(=O)CCCCCCCCO[C@@H]1OC(CO)[C@H](OC2OC(C)[C@@H](O)C(O)C2O)C(OC2OC(CO)[C@@H](O)C(O[C@]3(C(=O)O)CC(O)[C@@H](NC(C)=O)C(C(O)C(O)CO)O3)C2O)C1NC(=O)c1ccc(O)c(O)c1. The molecule has 4 fully saturated rings. The molecule has 0 aromatic heterocycles. The van der Waals surface area contributed by atoms with Crippen molar-refractivity contribution in [2.45, 2.75) is 194 Å². The molecule has 4 heterocycles. The quantitative estimate of drug-likeness (QED) is 0.0247. The summed E-state index contributed by atoms with van der Waals surface area (Å²) in [6, 6.07) is -0.348. The number of aliphatic hydroxyl groups is 11. The predicted molar refractivity (Wildman–Crippen MR) is 244 cm³/mol. The number of phenols is 2. The van der Waals surface area contributed by atoms with Crippen LogP contribution in [0, 0.1) is 0 Å². The van der Waals surface area contributed by atoms with Crippen LogP contribution in [0.15, 0.2) is 18.2 Å². The number of carbonyl (C=O) groups is 4. The second-order valence-corrected chi connectivity index (χ2v) is 18.8. The van der Waals surface area contributed by atoms with Crippen molar-refractivity contribution in [3.63, 3.8) is 0 Å². The largest absolute Gasteiger partial charge is 0.504 e. The van der Waals surface area contributed by atoms with Gasteiger partial charge in [-0.15, -0.1) is 0 Å². The normalized spacial score (nSPS) is 37.0. The maximum Gasteiger partial charge on any atom is 0.364 e. The molecule has 0 saturated carbocycles. The lowest BCUT2D eigenvalue weighted by Crippen LogP contribution is -2.71. The molecule has 0 radical (unpaired) electrons. The molecular weight excluding hydrogens is 1010 g/mol. The Bertz CT molecular complexity index is 2010. The van der Waals surface area contributed by atoms with Crippen molar-refractivity contribution in [1.29, 1.82) is 0 Å². The minimum absolute atomic E-state index is 0.0875. The summed E-state index contributed by atoms with van der Waals surface area (Å²) in [5.41, 5.74) is -0.274. The fourth-order valence-electron chi connectivity index (χ4n) is 9.16. The standard InChI is InChI=1S/C46H72N2O27/c1-19-31(58)34(61)35(62)43(69-19)72-37-27(18-51)71-42(68-13-9-7-5-4-6-8-10-28(57)67-3)30(48-41(64)21-11-12-22(53)23(54)14-21)39(37)73-44-36(63)40(33(60)26(17-50)70-44)75-46(45(65)66)15-24(55)29(47-20(2)52)38(74-46)32(59)25(56)16-49/h11-12,14,19,24-27,29-40,42-44,49-51,53-56,58-63H,4-10,13,15-18H2,1-3H3,(H,47,52)(H,48,64)(H,65,66)/t19?,24?,25?,26?,27?,29-,30?,31-,32?,33-,34?,35?,36?,37+,38?,39?,40?,42-,43?,44?,46+/m1/s1. The average molecular weight is 1090 g/mol. The van der Waals surface area contributed by atoms with Crippen LogP contribution >= 0.6 is 0 Å². The van der Waals surface area contributed by atoms with Gasteiger partial charge in [-0.3, -0.25) is 14.4 Å². The molecular formula is C46H72N2O27. The van der Waals surface area contributed by atoms with Gasteiger partial charge in [0.05, 0.1) is 45.2 Å². The van der Waals surface area contributed by atoms with Crippen LogP contribution in [0.25, 0.3) is 0 Å². The van der Waals surface area contributed by atoms with Gasteiger partial charge in [-0.25, -0.2) is 4.79 Å². The van der Waals surface area contributed by atoms with Crippen LogP contribution < -0.4 is 10.6 Å². The number of hydrogen-bond acceptors (Lipinski definition) is 26. The number of hydrogen-bond donors (Lipinski definition) is 16. The van der Waals surface area contributed by atoms with Gasteiger partial charge in [0.25, 0.3) is 11.7 Å². The number of carboxylic acids is 1. The molecule has 29 nitrogen and oxygen atoms in total. The van der Waals surface area contributed by atoms with Crippen LogP contribution in [-0.2, 0) is 57.0 Å². The van der Waals surface area contributed by atoms with Crippen molar-refractivity contribution in [1.82, 2.24) is 10.6 Å². The predicted octanol–water partition coefficient (Wildman–Crippen LogP) is -5.59. The second-order valence-electron chi connectivity index (χ2n) is 18.8. The second kappa shape index (κ2) is 28.0. The first-order valence-corrected chi connectivity index (χ1v) is 24.4. The number of nitrogens with one attached hydrogen (secondary N) is 2. The molecule has 2 amide bonds. The number of aliphatic hydroxyl groups excluding tert-OH is 11. The molecule has 0 aliphatic carbocycles. The van der Waals surface area contributed by atoms with E-state index >= 15 is 0 Å². The van der Waals surface area contributed by atoms with E-state index in [0.29, 0.717) is 25.7 Å². The van der Waals surface area contributed by atoms with Crippen LogP contribution in [0.1, 0.15) is 75.6 Å². The highest BCUT2D eigenvalue weighted by molar-refractivity contribution is 5.95. The fourth-order valence-corrected chi connectivity index (χ4v) is 9.16. The lowest BCUT2D eigenvalue weighted by molar-refractivity contribution is -0.390. The van der Waals surface area contributed by atoms with E-state index in [1.165, 1.54) is 14.0 Å². The Balaban J connectivity index is 1.54. The van der Waals surface area contributed by atoms with Crippen LogP contribution in [0.5, 0.6) is 11.5 Å². The summed E-state index contributed by atoms with van der Waals surface area (Å²) >= 11 is 0. The number of aromatic hydroxyl groups is 2. The van der Waals surface area contributed by atoms with E-state index < -0.39 is 184 Å². The number of carboxylic acid groups (broad SMARTS) is 1. The highest BCUT2D eigenvalue weighted by Crippen LogP contribution is 2.40. The summed E-state index contributed by atoms with van der Waals surface area (Å²) < 4.78 is 52.7. The van der Waals surface area contributed by atoms with Crippen molar-refractivity contribution >= 4 is 23.8 Å². The number of unbranched alkanes of at least 4 members (excludes halogenated alkanes) is 5. The van der Waals surface area contributed by atoms with E-state index in [2.05, 4.69) is 15.4 Å². The molecule has 1 aromatic rings. The smallest absolute Gasteiger partial charge is 0.364 e. The molecule has 0 spiro atoms. The summed E-state index contributed by atoms with van der Waals surface area (Å²) in [4.78, 5) is 51.0. The first-order chi connectivity index (χ1) is 35.5. The van der Waals surface area contributed by atoms with Gasteiger partial charge in [0.15, 0.2) is 30.4 Å². The Morgan fingerprint density at radius 2 is 1.36 bits per heavy atom. The first-order valence-electron chi connectivity index (χ1n) is 24.4. The topological polar surface area (TPSA) is 459 Å². The van der Waals surface area contributed by atoms with E-state index in [-0.39, 0.29) is 24.6 Å². The van der Waals surface area contributed by atoms with E-state index in [1.54, 1.807) is 0 Å². The van der Waals surface area contributed by atoms with E-state index in [0.717, 1.165) is 38.0 Å². The van der Waals surface area contributed by atoms with Crippen molar-refractivity contribution in [2.24, 2.45) is 0 Å². The number of esters is 1. The monoisotopic (exact) mass is 1080 g/mol. The molecule has 15 unspecified atom stereocenters. The lowest BCUT2D eigenvalue weighted by Gasteiger charge is -2.52. The Labute approximate surface area is 429 Å². The molecule has 4 aliphatic heterocycles. The summed E-state index contributed by atoms with van der Waals surface area (Å²) in [7, 11) is 1.30. The number of rotatable bonds is 25. The van der Waals surface area contributed by atoms with E-state index in [4.69, 9.17) is 37.9 Å². The third kappa shape index (κ3) is 15.2. The zero-order valence-electron chi connectivity index (χ0n) is 41.3. The Hall–Kier alpha value is -4.06. The van der Waals surface area contributed by atoms with Crippen molar-refractivity contribution < 1.29 is 133 Å². The molecule has 4 aliphatic rings.